The maximum atomic E-state index is 14.5. The van der Waals surface area contributed by atoms with Gasteiger partial charge in [-0.15, -0.1) is 0 Å². The molecule has 1 aliphatic heterocycles. The van der Waals surface area contributed by atoms with E-state index < -0.39 is 18.3 Å². The van der Waals surface area contributed by atoms with Crippen molar-refractivity contribution < 1.29 is 14.3 Å². The molecule has 7 nitrogen and oxygen atoms in total. The number of benzene rings is 2. The maximum absolute atomic E-state index is 14.5. The molecule has 4 rings (SSSR count). The summed E-state index contributed by atoms with van der Waals surface area (Å²) in [6.45, 7) is 7.22. The fourth-order valence-corrected chi connectivity index (χ4v) is 4.19. The number of halogens is 2. The summed E-state index contributed by atoms with van der Waals surface area (Å²) in [6.07, 6.45) is 2.43. The molecule has 1 amide bonds. The van der Waals surface area contributed by atoms with E-state index in [2.05, 4.69) is 57.9 Å². The lowest BCUT2D eigenvalue weighted by molar-refractivity contribution is -0.113. The smallest absolute Gasteiger partial charge is 0.253 e. The maximum Gasteiger partial charge on any atom is 0.253 e. The number of nitrogens with one attached hydrogen (secondary N) is 2. The summed E-state index contributed by atoms with van der Waals surface area (Å²) in [4.78, 5) is 23.4. The number of aromatic nitrogens is 2. The van der Waals surface area contributed by atoms with Crippen molar-refractivity contribution in [1.29, 1.82) is 0 Å². The van der Waals surface area contributed by atoms with Gasteiger partial charge in [0, 0.05) is 23.4 Å². The van der Waals surface area contributed by atoms with E-state index in [1.807, 2.05) is 0 Å². The Morgan fingerprint density at radius 3 is 2.92 bits per heavy atom. The van der Waals surface area contributed by atoms with E-state index in [0.717, 1.165) is 19.5 Å². The molecule has 186 valence electrons. The van der Waals surface area contributed by atoms with Gasteiger partial charge in [0.15, 0.2) is 5.82 Å². The first-order valence-corrected chi connectivity index (χ1v) is 11.9. The molecule has 1 fully saturated rings. The number of likely N-dealkylation sites (tertiary alicyclic amines) is 1. The molecule has 0 radical (unpaired) electrons. The molecule has 0 spiro atoms. The number of piperidine rings is 1. The van der Waals surface area contributed by atoms with Crippen molar-refractivity contribution >= 4 is 45.6 Å². The number of carbonyl (C=O) groups excluding carboxylic acids is 1. The van der Waals surface area contributed by atoms with Crippen LogP contribution in [0.5, 0.6) is 0 Å². The molecular formula is C27H27ClFN5O2. The Balaban J connectivity index is 1.78. The third-order valence-corrected chi connectivity index (χ3v) is 6.59. The van der Waals surface area contributed by atoms with Crippen LogP contribution in [0.3, 0.4) is 0 Å². The first-order valence-electron chi connectivity index (χ1n) is 11.6. The SMILES string of the molecule is C=C(CO)C(=O)Nc1cc2c(Nc3cccc(Cl)c3F)ncnc2cc1C#CC1CN(C)CC[C@H]1C. The number of hydrogen-bond donors (Lipinski definition) is 3. The van der Waals surface area contributed by atoms with Crippen LogP contribution in [0.15, 0.2) is 48.8 Å². The van der Waals surface area contributed by atoms with Gasteiger partial charge in [-0.05, 0) is 50.2 Å². The summed E-state index contributed by atoms with van der Waals surface area (Å²) < 4.78 is 14.5. The number of anilines is 3. The molecule has 1 saturated heterocycles. The van der Waals surface area contributed by atoms with Crippen molar-refractivity contribution in [1.82, 2.24) is 14.9 Å². The molecule has 1 aromatic heterocycles. The average Bonchev–Trinajstić information content (AvgIpc) is 2.87. The molecule has 1 aliphatic rings. The highest BCUT2D eigenvalue weighted by molar-refractivity contribution is 6.31. The number of rotatable bonds is 5. The molecule has 1 unspecified atom stereocenters. The average molecular weight is 508 g/mol. The predicted octanol–water partition coefficient (Wildman–Crippen LogP) is 4.59. The van der Waals surface area contributed by atoms with Gasteiger partial charge in [-0.2, -0.15) is 0 Å². The van der Waals surface area contributed by atoms with Crippen LogP contribution < -0.4 is 10.6 Å². The molecule has 0 saturated carbocycles. The highest BCUT2D eigenvalue weighted by Crippen LogP contribution is 2.31. The van der Waals surface area contributed by atoms with Crippen molar-refractivity contribution in [2.45, 2.75) is 13.3 Å². The van der Waals surface area contributed by atoms with E-state index in [1.165, 1.54) is 12.4 Å². The zero-order valence-electron chi connectivity index (χ0n) is 20.1. The Kier molecular flexibility index (Phi) is 7.85. The lowest BCUT2D eigenvalue weighted by atomic mass is 9.87. The molecule has 2 atom stereocenters. The number of hydrogen-bond acceptors (Lipinski definition) is 6. The first kappa shape index (κ1) is 25.6. The minimum Gasteiger partial charge on any atom is -0.391 e. The van der Waals surface area contributed by atoms with Gasteiger partial charge in [0.05, 0.1) is 34.1 Å². The summed E-state index contributed by atoms with van der Waals surface area (Å²) in [5, 5.41) is 15.6. The molecule has 2 aromatic carbocycles. The van der Waals surface area contributed by atoms with Gasteiger partial charge in [0.2, 0.25) is 0 Å². The molecule has 9 heteroatoms. The van der Waals surface area contributed by atoms with Gasteiger partial charge >= 0.3 is 0 Å². The summed E-state index contributed by atoms with van der Waals surface area (Å²) in [5.74, 6) is 6.44. The number of fused-ring (bicyclic) bond motifs is 1. The monoisotopic (exact) mass is 507 g/mol. The van der Waals surface area contributed by atoms with Crippen LogP contribution in [0.2, 0.25) is 5.02 Å². The minimum atomic E-state index is -0.604. The van der Waals surface area contributed by atoms with Crippen molar-refractivity contribution in [3.05, 3.63) is 65.2 Å². The Bertz CT molecular complexity index is 1380. The fraction of sp³-hybridized carbons (Fsp3) is 0.296. The Morgan fingerprint density at radius 2 is 2.14 bits per heavy atom. The van der Waals surface area contributed by atoms with Crippen LogP contribution in [0.1, 0.15) is 18.9 Å². The second-order valence-electron chi connectivity index (χ2n) is 8.98. The molecular weight excluding hydrogens is 481 g/mol. The van der Waals surface area contributed by atoms with Crippen molar-refractivity contribution in [3.8, 4) is 11.8 Å². The van der Waals surface area contributed by atoms with E-state index in [9.17, 15) is 14.3 Å². The highest BCUT2D eigenvalue weighted by atomic mass is 35.5. The van der Waals surface area contributed by atoms with Crippen molar-refractivity contribution in [3.63, 3.8) is 0 Å². The molecule has 36 heavy (non-hydrogen) atoms. The van der Waals surface area contributed by atoms with Crippen LogP contribution in [-0.4, -0.2) is 52.6 Å². The Hall–Kier alpha value is -3.51. The first-order chi connectivity index (χ1) is 17.3. The highest BCUT2D eigenvalue weighted by Gasteiger charge is 2.22. The van der Waals surface area contributed by atoms with Gasteiger partial charge in [-0.3, -0.25) is 4.79 Å². The quantitative estimate of drug-likeness (QED) is 0.345. The lowest BCUT2D eigenvalue weighted by Gasteiger charge is -2.31. The Labute approximate surface area is 214 Å². The van der Waals surface area contributed by atoms with Crippen molar-refractivity contribution in [2.75, 3.05) is 37.4 Å². The van der Waals surface area contributed by atoms with E-state index in [0.29, 0.717) is 33.9 Å². The fourth-order valence-electron chi connectivity index (χ4n) is 4.01. The topological polar surface area (TPSA) is 90.4 Å². The number of carbonyl (C=O) groups is 1. The summed E-state index contributed by atoms with van der Waals surface area (Å²) in [5.41, 5.74) is 1.71. The van der Waals surface area contributed by atoms with Crippen LogP contribution in [-0.2, 0) is 4.79 Å². The van der Waals surface area contributed by atoms with Gasteiger partial charge in [0.1, 0.15) is 12.1 Å². The number of aliphatic hydroxyl groups is 1. The van der Waals surface area contributed by atoms with E-state index >= 15 is 0 Å². The van der Waals surface area contributed by atoms with Gasteiger partial charge in [-0.25, -0.2) is 14.4 Å². The predicted molar refractivity (Wildman–Crippen MR) is 141 cm³/mol. The molecule has 3 aromatic rings. The Morgan fingerprint density at radius 1 is 1.33 bits per heavy atom. The van der Waals surface area contributed by atoms with Gasteiger partial charge < -0.3 is 20.6 Å². The zero-order chi connectivity index (χ0) is 25.8. The third-order valence-electron chi connectivity index (χ3n) is 6.29. The van der Waals surface area contributed by atoms with Crippen LogP contribution in [0.25, 0.3) is 10.9 Å². The molecule has 0 aliphatic carbocycles. The van der Waals surface area contributed by atoms with Gasteiger partial charge in [-0.1, -0.05) is 43.0 Å². The van der Waals surface area contributed by atoms with Crippen LogP contribution in [0, 0.1) is 29.5 Å². The summed E-state index contributed by atoms with van der Waals surface area (Å²) in [7, 11) is 2.08. The number of amides is 1. The molecule has 2 heterocycles. The van der Waals surface area contributed by atoms with Crippen LogP contribution in [0.4, 0.5) is 21.6 Å². The van der Waals surface area contributed by atoms with Gasteiger partial charge in [0.25, 0.3) is 5.91 Å². The van der Waals surface area contributed by atoms with Crippen molar-refractivity contribution in [2.24, 2.45) is 11.8 Å². The van der Waals surface area contributed by atoms with Crippen LogP contribution >= 0.6 is 11.6 Å². The normalized spacial score (nSPS) is 17.8. The molecule has 0 bridgehead atoms. The molecule has 3 N–H and O–H groups in total. The number of nitrogens with zero attached hydrogens (tertiary/aromatic N) is 3. The second-order valence-corrected chi connectivity index (χ2v) is 9.39. The number of aliphatic hydroxyl groups excluding tert-OH is 1. The largest absolute Gasteiger partial charge is 0.391 e. The zero-order valence-corrected chi connectivity index (χ0v) is 20.9. The third kappa shape index (κ3) is 5.65. The minimum absolute atomic E-state index is 0.0141. The van der Waals surface area contributed by atoms with E-state index in [4.69, 9.17) is 11.6 Å². The van der Waals surface area contributed by atoms with E-state index in [1.54, 1.807) is 24.3 Å². The van der Waals surface area contributed by atoms with E-state index in [-0.39, 0.29) is 22.2 Å². The standard InChI is InChI=1S/C27H27ClFN5O2/c1-16-9-10-34(3)13-19(16)8-7-18-11-24-20(12-23(18)33-27(36)17(2)14-35)26(31-15-30-24)32-22-6-4-5-21(28)25(22)29/h4-6,11-12,15-16,19,35H,2,9-10,13-14H2,1,3H3,(H,33,36)(H,30,31,32)/t16-,19?/m1/s1. The lowest BCUT2D eigenvalue weighted by Crippen LogP contribution is -2.36. The summed E-state index contributed by atoms with van der Waals surface area (Å²) in [6, 6.07) is 8.07. The summed E-state index contributed by atoms with van der Waals surface area (Å²) >= 11 is 5.92. The second kappa shape index (κ2) is 11.0.